The van der Waals surface area contributed by atoms with Gasteiger partial charge in [-0.3, -0.25) is 0 Å². The highest BCUT2D eigenvalue weighted by molar-refractivity contribution is 7.89. The molecule has 1 fully saturated rings. The predicted octanol–water partition coefficient (Wildman–Crippen LogP) is 1.29. The van der Waals surface area contributed by atoms with Crippen LogP contribution in [-0.4, -0.2) is 45.8 Å². The van der Waals surface area contributed by atoms with Gasteiger partial charge in [-0.25, -0.2) is 17.9 Å². The normalized spacial score (nSPS) is 15.3. The molecular formula is C16H18N2O6S. The zero-order chi connectivity index (χ0) is 17.9. The summed E-state index contributed by atoms with van der Waals surface area (Å²) in [6, 6.07) is 7.41. The second kappa shape index (κ2) is 7.26. The minimum absolute atomic E-state index is 0.0110. The van der Waals surface area contributed by atoms with Crippen LogP contribution in [-0.2, 0) is 21.3 Å². The smallest absolute Gasteiger partial charge is 0.337 e. The number of nitrogens with zero attached hydrogens (tertiary/aromatic N) is 1. The molecule has 2 aromatic rings. The van der Waals surface area contributed by atoms with Crippen LogP contribution >= 0.6 is 0 Å². The molecule has 1 saturated heterocycles. The minimum Gasteiger partial charge on any atom is -0.478 e. The maximum atomic E-state index is 12.4. The fourth-order valence-corrected chi connectivity index (χ4v) is 3.62. The lowest BCUT2D eigenvalue weighted by atomic mass is 10.1. The first-order valence-corrected chi connectivity index (χ1v) is 9.18. The maximum absolute atomic E-state index is 12.4. The van der Waals surface area contributed by atoms with Crippen molar-refractivity contribution >= 4 is 21.7 Å². The van der Waals surface area contributed by atoms with E-state index in [1.165, 1.54) is 24.5 Å². The molecule has 9 heteroatoms. The molecule has 0 saturated carbocycles. The van der Waals surface area contributed by atoms with Gasteiger partial charge in [0.2, 0.25) is 10.0 Å². The summed E-state index contributed by atoms with van der Waals surface area (Å²) >= 11 is 0. The van der Waals surface area contributed by atoms with Gasteiger partial charge in [0.15, 0.2) is 0 Å². The number of anilines is 1. The van der Waals surface area contributed by atoms with Crippen molar-refractivity contribution in [3.63, 3.8) is 0 Å². The van der Waals surface area contributed by atoms with Crippen LogP contribution < -0.4 is 9.62 Å². The molecule has 8 nitrogen and oxygen atoms in total. The number of hydrogen-bond acceptors (Lipinski definition) is 6. The first-order valence-electron chi connectivity index (χ1n) is 7.69. The topological polar surface area (TPSA) is 109 Å². The molecule has 0 radical (unpaired) electrons. The van der Waals surface area contributed by atoms with Gasteiger partial charge in [0.05, 0.1) is 42.2 Å². The fraction of sp³-hybridized carbons (Fsp3) is 0.312. The highest BCUT2D eigenvalue weighted by atomic mass is 32.2. The van der Waals surface area contributed by atoms with Crippen molar-refractivity contribution in [2.24, 2.45) is 0 Å². The van der Waals surface area contributed by atoms with Crippen LogP contribution in [0.5, 0.6) is 0 Å². The second-order valence-corrected chi connectivity index (χ2v) is 7.25. The molecule has 0 atom stereocenters. The molecule has 1 aliphatic rings. The fourth-order valence-electron chi connectivity index (χ4n) is 2.60. The summed E-state index contributed by atoms with van der Waals surface area (Å²) in [5, 5.41) is 9.48. The lowest BCUT2D eigenvalue weighted by molar-refractivity contribution is 0.0696. The number of rotatable bonds is 6. The predicted molar refractivity (Wildman–Crippen MR) is 89.2 cm³/mol. The Morgan fingerprint density at radius 2 is 2.00 bits per heavy atom. The molecule has 134 valence electrons. The molecule has 0 unspecified atom stereocenters. The van der Waals surface area contributed by atoms with Gasteiger partial charge in [-0.05, 0) is 30.3 Å². The minimum atomic E-state index is -3.86. The number of benzene rings is 1. The Morgan fingerprint density at radius 1 is 1.24 bits per heavy atom. The van der Waals surface area contributed by atoms with Crippen LogP contribution in [0.3, 0.4) is 0 Å². The second-order valence-electron chi connectivity index (χ2n) is 5.49. The summed E-state index contributed by atoms with van der Waals surface area (Å²) in [6.07, 6.45) is 1.45. The number of furan rings is 1. The van der Waals surface area contributed by atoms with Crippen LogP contribution in [0.4, 0.5) is 5.69 Å². The van der Waals surface area contributed by atoms with E-state index in [1.54, 1.807) is 12.1 Å². The highest BCUT2D eigenvalue weighted by Gasteiger charge is 2.22. The summed E-state index contributed by atoms with van der Waals surface area (Å²) in [4.78, 5) is 13.4. The third kappa shape index (κ3) is 4.01. The lowest BCUT2D eigenvalue weighted by Crippen LogP contribution is -2.37. The summed E-state index contributed by atoms with van der Waals surface area (Å²) in [6.45, 7) is 2.11. The van der Waals surface area contributed by atoms with E-state index < -0.39 is 16.0 Å². The summed E-state index contributed by atoms with van der Waals surface area (Å²) in [5.74, 6) is -0.712. The van der Waals surface area contributed by atoms with Crippen LogP contribution in [0.2, 0.25) is 0 Å². The van der Waals surface area contributed by atoms with Crippen molar-refractivity contribution in [2.75, 3.05) is 31.2 Å². The van der Waals surface area contributed by atoms with Crippen molar-refractivity contribution in [3.05, 3.63) is 47.9 Å². The van der Waals surface area contributed by atoms with E-state index in [0.29, 0.717) is 37.8 Å². The number of morpholine rings is 1. The Hall–Kier alpha value is -2.36. The Kier molecular flexibility index (Phi) is 5.07. The highest BCUT2D eigenvalue weighted by Crippen LogP contribution is 2.25. The van der Waals surface area contributed by atoms with E-state index in [-0.39, 0.29) is 17.0 Å². The Bertz CT molecular complexity index is 842. The quantitative estimate of drug-likeness (QED) is 0.793. The molecule has 1 aliphatic heterocycles. The van der Waals surface area contributed by atoms with Gasteiger partial charge < -0.3 is 19.2 Å². The molecule has 2 N–H and O–H groups in total. The zero-order valence-corrected chi connectivity index (χ0v) is 14.2. The monoisotopic (exact) mass is 366 g/mol. The van der Waals surface area contributed by atoms with Crippen LogP contribution in [0.25, 0.3) is 0 Å². The van der Waals surface area contributed by atoms with Crippen molar-refractivity contribution in [1.29, 1.82) is 0 Å². The van der Waals surface area contributed by atoms with Gasteiger partial charge in [-0.2, -0.15) is 0 Å². The van der Waals surface area contributed by atoms with Gasteiger partial charge in [-0.1, -0.05) is 0 Å². The standard InChI is InChI=1S/C16H18N2O6S/c19-16(20)14-10-13(3-4-15(14)18-5-8-23-9-6-18)25(21,22)17-11-12-2-1-7-24-12/h1-4,7,10,17H,5-6,8-9,11H2,(H,19,20). The lowest BCUT2D eigenvalue weighted by Gasteiger charge is -2.30. The number of aromatic carboxylic acids is 1. The van der Waals surface area contributed by atoms with Crippen molar-refractivity contribution < 1.29 is 27.5 Å². The number of carboxylic acid groups (broad SMARTS) is 1. The number of nitrogens with one attached hydrogen (secondary N) is 1. The van der Waals surface area contributed by atoms with E-state index >= 15 is 0 Å². The van der Waals surface area contributed by atoms with E-state index in [0.717, 1.165) is 0 Å². The summed E-state index contributed by atoms with van der Waals surface area (Å²) in [7, 11) is -3.86. The Labute approximate surface area is 145 Å². The van der Waals surface area contributed by atoms with Crippen molar-refractivity contribution in [2.45, 2.75) is 11.4 Å². The van der Waals surface area contributed by atoms with Gasteiger partial charge in [0.1, 0.15) is 5.76 Å². The molecule has 3 rings (SSSR count). The molecule has 2 heterocycles. The third-order valence-corrected chi connectivity index (χ3v) is 5.28. The first kappa shape index (κ1) is 17.5. The number of sulfonamides is 1. The average molecular weight is 366 g/mol. The number of carboxylic acids is 1. The zero-order valence-electron chi connectivity index (χ0n) is 13.3. The molecule has 25 heavy (non-hydrogen) atoms. The number of ether oxygens (including phenoxy) is 1. The Balaban J connectivity index is 1.86. The molecule has 1 aromatic carbocycles. The van der Waals surface area contributed by atoms with E-state index in [1.807, 2.05) is 4.90 Å². The largest absolute Gasteiger partial charge is 0.478 e. The van der Waals surface area contributed by atoms with Crippen molar-refractivity contribution in [3.8, 4) is 0 Å². The van der Waals surface area contributed by atoms with E-state index in [2.05, 4.69) is 4.72 Å². The van der Waals surface area contributed by atoms with Crippen LogP contribution in [0.1, 0.15) is 16.1 Å². The maximum Gasteiger partial charge on any atom is 0.337 e. The molecule has 0 bridgehead atoms. The molecule has 0 spiro atoms. The van der Waals surface area contributed by atoms with Crippen LogP contribution in [0.15, 0.2) is 45.9 Å². The first-order chi connectivity index (χ1) is 12.0. The average Bonchev–Trinajstić information content (AvgIpc) is 3.14. The number of hydrogen-bond donors (Lipinski definition) is 2. The Morgan fingerprint density at radius 3 is 2.64 bits per heavy atom. The molecule has 1 aromatic heterocycles. The van der Waals surface area contributed by atoms with Crippen molar-refractivity contribution in [1.82, 2.24) is 4.72 Å². The summed E-state index contributed by atoms with van der Waals surface area (Å²) < 4.78 is 37.6. The van der Waals surface area contributed by atoms with Crippen LogP contribution in [0, 0.1) is 0 Å². The summed E-state index contributed by atoms with van der Waals surface area (Å²) in [5.41, 5.74) is 0.434. The van der Waals surface area contributed by atoms with E-state index in [9.17, 15) is 18.3 Å². The van der Waals surface area contributed by atoms with Gasteiger partial charge in [0, 0.05) is 13.1 Å². The van der Waals surface area contributed by atoms with E-state index in [4.69, 9.17) is 9.15 Å². The molecule has 0 aliphatic carbocycles. The molecule has 0 amide bonds. The SMILES string of the molecule is O=C(O)c1cc(S(=O)(=O)NCc2ccco2)ccc1N1CCOCC1. The van der Waals surface area contributed by atoms with Gasteiger partial charge >= 0.3 is 5.97 Å². The van der Waals surface area contributed by atoms with Gasteiger partial charge in [-0.15, -0.1) is 0 Å². The molecular weight excluding hydrogens is 348 g/mol. The van der Waals surface area contributed by atoms with Gasteiger partial charge in [0.25, 0.3) is 0 Å². The number of carbonyl (C=O) groups is 1. The third-order valence-electron chi connectivity index (χ3n) is 3.88.